The maximum atomic E-state index is 13.3. The topological polar surface area (TPSA) is 110 Å². The summed E-state index contributed by atoms with van der Waals surface area (Å²) in [6, 6.07) is 2.60. The molecule has 1 aromatic carbocycles. The van der Waals surface area contributed by atoms with Gasteiger partial charge in [-0.15, -0.1) is 0 Å². The number of nitro groups is 1. The summed E-state index contributed by atoms with van der Waals surface area (Å²) in [5.74, 6) is -0.724. The number of anilines is 1. The number of benzene rings is 1. The van der Waals surface area contributed by atoms with Gasteiger partial charge in [-0.1, -0.05) is 0 Å². The van der Waals surface area contributed by atoms with Crippen molar-refractivity contribution in [2.45, 2.75) is 0 Å². The summed E-state index contributed by atoms with van der Waals surface area (Å²) < 4.78 is 13.3. The smallest absolute Gasteiger partial charge is 0.312 e. The molecule has 0 unspecified atom stereocenters. The molecule has 8 heteroatoms. The van der Waals surface area contributed by atoms with Gasteiger partial charge < -0.3 is 16.4 Å². The molecule has 0 heterocycles. The van der Waals surface area contributed by atoms with Crippen molar-refractivity contribution in [3.05, 3.63) is 34.1 Å². The number of rotatable bonds is 5. The van der Waals surface area contributed by atoms with E-state index in [1.165, 1.54) is 12.1 Å². The molecule has 0 aliphatic carbocycles. The van der Waals surface area contributed by atoms with Crippen LogP contribution in [0.1, 0.15) is 0 Å². The van der Waals surface area contributed by atoms with Crippen LogP contribution in [-0.2, 0) is 0 Å². The molecule has 7 nitrogen and oxygen atoms in total. The molecular weight excluding hydrogens is 231 g/mol. The summed E-state index contributed by atoms with van der Waals surface area (Å²) in [5, 5.41) is 15.3. The molecule has 0 aromatic heterocycles. The van der Waals surface area contributed by atoms with Gasteiger partial charge in [0.2, 0.25) is 0 Å². The van der Waals surface area contributed by atoms with E-state index in [1.807, 2.05) is 0 Å². The number of halogens is 1. The van der Waals surface area contributed by atoms with Crippen LogP contribution in [0.4, 0.5) is 20.6 Å². The minimum atomic E-state index is -0.724. The summed E-state index contributed by atoms with van der Waals surface area (Å²) in [6.07, 6.45) is 0. The van der Waals surface area contributed by atoms with E-state index in [-0.39, 0.29) is 24.5 Å². The largest absolute Gasteiger partial charge is 0.381 e. The van der Waals surface area contributed by atoms with E-state index in [0.717, 1.165) is 6.07 Å². The molecular formula is C9H11FN4O3. The molecule has 0 fully saturated rings. The number of amides is 2. The number of hydrogen-bond donors (Lipinski definition) is 3. The minimum Gasteiger partial charge on any atom is -0.381 e. The molecule has 0 atom stereocenters. The van der Waals surface area contributed by atoms with E-state index in [2.05, 4.69) is 10.6 Å². The second kappa shape index (κ2) is 5.64. The number of nitrogens with one attached hydrogen (secondary N) is 2. The molecule has 0 aliphatic rings. The summed E-state index contributed by atoms with van der Waals surface area (Å²) in [4.78, 5) is 20.0. The summed E-state index contributed by atoms with van der Waals surface area (Å²) in [7, 11) is 0. The van der Waals surface area contributed by atoms with Gasteiger partial charge in [-0.05, 0) is 6.07 Å². The monoisotopic (exact) mass is 242 g/mol. The van der Waals surface area contributed by atoms with Crippen molar-refractivity contribution in [2.75, 3.05) is 18.4 Å². The van der Waals surface area contributed by atoms with Gasteiger partial charge in [-0.2, -0.15) is 0 Å². The zero-order chi connectivity index (χ0) is 12.8. The fourth-order valence-corrected chi connectivity index (χ4v) is 1.14. The molecule has 4 N–H and O–H groups in total. The zero-order valence-electron chi connectivity index (χ0n) is 8.77. The third-order valence-corrected chi connectivity index (χ3v) is 1.90. The number of nitro benzene ring substituents is 1. The zero-order valence-corrected chi connectivity index (χ0v) is 8.77. The molecule has 17 heavy (non-hydrogen) atoms. The Morgan fingerprint density at radius 1 is 1.47 bits per heavy atom. The summed E-state index contributed by atoms with van der Waals surface area (Å²) in [6.45, 7) is 0.490. The van der Waals surface area contributed by atoms with Crippen molar-refractivity contribution < 1.29 is 14.1 Å². The second-order valence-corrected chi connectivity index (χ2v) is 3.14. The average molecular weight is 242 g/mol. The molecule has 0 aliphatic heterocycles. The van der Waals surface area contributed by atoms with E-state index >= 15 is 0 Å². The van der Waals surface area contributed by atoms with Gasteiger partial charge in [-0.3, -0.25) is 10.1 Å². The summed E-state index contributed by atoms with van der Waals surface area (Å²) >= 11 is 0. The normalized spacial score (nSPS) is 9.71. The van der Waals surface area contributed by atoms with Crippen LogP contribution in [0.3, 0.4) is 0 Å². The maximum Gasteiger partial charge on any atom is 0.312 e. The van der Waals surface area contributed by atoms with Gasteiger partial charge in [-0.25, -0.2) is 9.18 Å². The van der Waals surface area contributed by atoms with Crippen LogP contribution >= 0.6 is 0 Å². The first-order chi connectivity index (χ1) is 8.00. The van der Waals surface area contributed by atoms with E-state index in [1.54, 1.807) is 0 Å². The van der Waals surface area contributed by atoms with Crippen molar-refractivity contribution >= 4 is 17.4 Å². The van der Waals surface area contributed by atoms with Crippen LogP contribution in [0.15, 0.2) is 18.2 Å². The fraction of sp³-hybridized carbons (Fsp3) is 0.222. The Morgan fingerprint density at radius 3 is 2.71 bits per heavy atom. The van der Waals surface area contributed by atoms with Crippen molar-refractivity contribution in [3.8, 4) is 0 Å². The predicted molar refractivity (Wildman–Crippen MR) is 59.1 cm³/mol. The summed E-state index contributed by atoms with van der Waals surface area (Å²) in [5.41, 5.74) is 4.64. The highest BCUT2D eigenvalue weighted by Gasteiger charge is 2.09. The number of carbonyl (C=O) groups excluding carboxylic acids is 1. The number of urea groups is 1. The van der Waals surface area contributed by atoms with Crippen LogP contribution in [0.2, 0.25) is 0 Å². The molecule has 0 saturated heterocycles. The molecule has 0 spiro atoms. The Balaban J connectivity index is 2.54. The third-order valence-electron chi connectivity index (χ3n) is 1.90. The van der Waals surface area contributed by atoms with Crippen LogP contribution in [-0.4, -0.2) is 24.0 Å². The molecule has 92 valence electrons. The third kappa shape index (κ3) is 3.93. The predicted octanol–water partition coefficient (Wildman–Crippen LogP) is 0.814. The lowest BCUT2D eigenvalue weighted by molar-refractivity contribution is -0.385. The average Bonchev–Trinajstić information content (AvgIpc) is 2.25. The van der Waals surface area contributed by atoms with Gasteiger partial charge in [0.05, 0.1) is 16.7 Å². The van der Waals surface area contributed by atoms with E-state index in [4.69, 9.17) is 5.73 Å². The standard InChI is InChI=1S/C9H11FN4O3/c10-7-5-6(14(16)17)1-2-8(7)12-3-4-13-9(11)15/h1-2,5,12H,3-4H2,(H3,11,13,15). The molecule has 1 rings (SSSR count). The van der Waals surface area contributed by atoms with Crippen LogP contribution < -0.4 is 16.4 Å². The lowest BCUT2D eigenvalue weighted by atomic mass is 10.2. The lowest BCUT2D eigenvalue weighted by Crippen LogP contribution is -2.33. The number of nitrogens with zero attached hydrogens (tertiary/aromatic N) is 1. The number of carbonyl (C=O) groups is 1. The highest BCUT2D eigenvalue weighted by molar-refractivity contribution is 5.71. The SMILES string of the molecule is NC(=O)NCCNc1ccc([N+](=O)[O-])cc1F. The van der Waals surface area contributed by atoms with Gasteiger partial charge in [0, 0.05) is 19.2 Å². The Morgan fingerprint density at radius 2 is 2.18 bits per heavy atom. The highest BCUT2D eigenvalue weighted by atomic mass is 19.1. The van der Waals surface area contributed by atoms with Gasteiger partial charge in [0.15, 0.2) is 5.82 Å². The lowest BCUT2D eigenvalue weighted by Gasteiger charge is -2.07. The molecule has 0 saturated carbocycles. The van der Waals surface area contributed by atoms with E-state index in [0.29, 0.717) is 0 Å². The first kappa shape index (κ1) is 12.7. The first-order valence-electron chi connectivity index (χ1n) is 4.72. The Bertz CT molecular complexity index is 438. The number of nitrogens with two attached hydrogens (primary N) is 1. The second-order valence-electron chi connectivity index (χ2n) is 3.14. The van der Waals surface area contributed by atoms with Crippen LogP contribution in [0.5, 0.6) is 0 Å². The fourth-order valence-electron chi connectivity index (χ4n) is 1.14. The quantitative estimate of drug-likeness (QED) is 0.403. The Hall–Kier alpha value is -2.38. The van der Waals surface area contributed by atoms with Crippen LogP contribution in [0, 0.1) is 15.9 Å². The number of primary amides is 1. The van der Waals surface area contributed by atoms with Crippen molar-refractivity contribution in [1.29, 1.82) is 0 Å². The number of hydrogen-bond acceptors (Lipinski definition) is 4. The Kier molecular flexibility index (Phi) is 4.21. The minimum absolute atomic E-state index is 0.127. The van der Waals surface area contributed by atoms with Crippen molar-refractivity contribution in [2.24, 2.45) is 5.73 Å². The van der Waals surface area contributed by atoms with Gasteiger partial charge >= 0.3 is 6.03 Å². The van der Waals surface area contributed by atoms with E-state index < -0.39 is 16.8 Å². The molecule has 2 amide bonds. The van der Waals surface area contributed by atoms with E-state index in [9.17, 15) is 19.3 Å². The Labute approximate surface area is 95.9 Å². The van der Waals surface area contributed by atoms with Crippen LogP contribution in [0.25, 0.3) is 0 Å². The van der Waals surface area contributed by atoms with Crippen molar-refractivity contribution in [1.82, 2.24) is 5.32 Å². The molecule has 0 radical (unpaired) electrons. The first-order valence-corrected chi connectivity index (χ1v) is 4.72. The van der Waals surface area contributed by atoms with Gasteiger partial charge in [0.1, 0.15) is 0 Å². The molecule has 0 bridgehead atoms. The van der Waals surface area contributed by atoms with Crippen molar-refractivity contribution in [3.63, 3.8) is 0 Å². The van der Waals surface area contributed by atoms with Gasteiger partial charge in [0.25, 0.3) is 5.69 Å². The molecule has 1 aromatic rings. The maximum absolute atomic E-state index is 13.3. The highest BCUT2D eigenvalue weighted by Crippen LogP contribution is 2.19. The number of non-ortho nitro benzene ring substituents is 1.